The van der Waals surface area contributed by atoms with Gasteiger partial charge in [-0.1, -0.05) is 42.2 Å². The van der Waals surface area contributed by atoms with Gasteiger partial charge in [0.15, 0.2) is 0 Å². The van der Waals surface area contributed by atoms with Gasteiger partial charge in [0.25, 0.3) is 11.8 Å². The van der Waals surface area contributed by atoms with Crippen molar-refractivity contribution in [1.82, 2.24) is 10.2 Å². The van der Waals surface area contributed by atoms with Gasteiger partial charge in [0.05, 0.1) is 17.7 Å². The number of amides is 3. The molecule has 0 atom stereocenters. The summed E-state index contributed by atoms with van der Waals surface area (Å²) in [5.41, 5.74) is 1.89. The molecule has 6 heteroatoms. The Bertz CT molecular complexity index is 953. The number of para-hydroxylation sites is 1. The van der Waals surface area contributed by atoms with Crippen LogP contribution in [-0.2, 0) is 4.79 Å². The van der Waals surface area contributed by atoms with E-state index in [1.165, 1.54) is 4.90 Å². The number of aryl methyl sites for hydroxylation is 1. The summed E-state index contributed by atoms with van der Waals surface area (Å²) in [5, 5.41) is 2.70. The molecule has 2 aromatic rings. The molecule has 0 radical (unpaired) electrons. The molecule has 2 aromatic carbocycles. The van der Waals surface area contributed by atoms with Crippen molar-refractivity contribution in [1.29, 1.82) is 0 Å². The van der Waals surface area contributed by atoms with E-state index >= 15 is 0 Å². The highest BCUT2D eigenvalue weighted by atomic mass is 16.5. The fourth-order valence-corrected chi connectivity index (χ4v) is 3.02. The maximum absolute atomic E-state index is 12.3. The van der Waals surface area contributed by atoms with Crippen molar-refractivity contribution in [2.75, 3.05) is 19.7 Å². The van der Waals surface area contributed by atoms with E-state index in [4.69, 9.17) is 4.74 Å². The largest absolute Gasteiger partial charge is 0.481 e. The van der Waals surface area contributed by atoms with Crippen LogP contribution in [0.1, 0.15) is 39.1 Å². The van der Waals surface area contributed by atoms with E-state index in [-0.39, 0.29) is 43.8 Å². The Balaban J connectivity index is 1.34. The summed E-state index contributed by atoms with van der Waals surface area (Å²) in [7, 11) is 0. The van der Waals surface area contributed by atoms with Gasteiger partial charge in [0, 0.05) is 13.0 Å². The number of fused-ring (bicyclic) bond motifs is 1. The van der Waals surface area contributed by atoms with Gasteiger partial charge in [0.1, 0.15) is 12.4 Å². The van der Waals surface area contributed by atoms with Gasteiger partial charge in [0.2, 0.25) is 5.91 Å². The molecule has 1 N–H and O–H groups in total. The molecule has 3 rings (SSSR count). The molecule has 1 heterocycles. The number of nitrogens with one attached hydrogen (secondary N) is 1. The van der Waals surface area contributed by atoms with Crippen LogP contribution in [0, 0.1) is 18.8 Å². The van der Waals surface area contributed by atoms with Crippen LogP contribution < -0.4 is 10.1 Å². The smallest absolute Gasteiger partial charge is 0.261 e. The van der Waals surface area contributed by atoms with E-state index in [1.54, 1.807) is 24.3 Å². The predicted molar refractivity (Wildman–Crippen MR) is 109 cm³/mol. The van der Waals surface area contributed by atoms with Crippen molar-refractivity contribution in [3.63, 3.8) is 0 Å². The first-order valence-electron chi connectivity index (χ1n) is 9.44. The Morgan fingerprint density at radius 1 is 1.00 bits per heavy atom. The lowest BCUT2D eigenvalue weighted by Gasteiger charge is -2.13. The van der Waals surface area contributed by atoms with Crippen LogP contribution in [0.2, 0.25) is 0 Å². The topological polar surface area (TPSA) is 75.7 Å². The molecule has 0 saturated heterocycles. The standard InChI is InChI=1S/C23H22N2O4/c1-17-9-2-5-12-20(17)29-16-7-6-14-24-21(26)13-8-15-25-22(27)18-10-3-4-11-19(18)23(25)28/h2-5,9-12H,8,13-16H2,1H3,(H,24,26). The maximum atomic E-state index is 12.3. The molecule has 0 aromatic heterocycles. The fraction of sp³-hybridized carbons (Fsp3) is 0.261. The second-order valence-electron chi connectivity index (χ2n) is 6.60. The van der Waals surface area contributed by atoms with Gasteiger partial charge in [-0.25, -0.2) is 0 Å². The molecular formula is C23H22N2O4. The number of carbonyl (C=O) groups is 3. The van der Waals surface area contributed by atoms with Crippen molar-refractivity contribution in [3.05, 3.63) is 65.2 Å². The van der Waals surface area contributed by atoms with Crippen LogP contribution in [-0.4, -0.2) is 42.3 Å². The molecule has 0 aliphatic carbocycles. The zero-order valence-corrected chi connectivity index (χ0v) is 16.2. The van der Waals surface area contributed by atoms with E-state index in [2.05, 4.69) is 17.2 Å². The van der Waals surface area contributed by atoms with Crippen molar-refractivity contribution >= 4 is 17.7 Å². The number of rotatable bonds is 7. The van der Waals surface area contributed by atoms with Crippen molar-refractivity contribution in [2.24, 2.45) is 0 Å². The van der Waals surface area contributed by atoms with Crippen LogP contribution >= 0.6 is 0 Å². The van der Waals surface area contributed by atoms with Crippen LogP contribution in [0.5, 0.6) is 5.75 Å². The molecule has 3 amide bonds. The third-order valence-electron chi connectivity index (χ3n) is 4.56. The quantitative estimate of drug-likeness (QED) is 0.582. The number of imide groups is 1. The lowest BCUT2D eigenvalue weighted by atomic mass is 10.1. The monoisotopic (exact) mass is 390 g/mol. The lowest BCUT2D eigenvalue weighted by Crippen LogP contribution is -2.32. The summed E-state index contributed by atoms with van der Waals surface area (Å²) >= 11 is 0. The van der Waals surface area contributed by atoms with Crippen LogP contribution in [0.25, 0.3) is 0 Å². The predicted octanol–water partition coefficient (Wildman–Crippen LogP) is 2.57. The molecule has 29 heavy (non-hydrogen) atoms. The highest BCUT2D eigenvalue weighted by molar-refractivity contribution is 6.21. The van der Waals surface area contributed by atoms with Crippen LogP contribution in [0.3, 0.4) is 0 Å². The zero-order chi connectivity index (χ0) is 20.6. The summed E-state index contributed by atoms with van der Waals surface area (Å²) < 4.78 is 5.56. The van der Waals surface area contributed by atoms with E-state index < -0.39 is 0 Å². The van der Waals surface area contributed by atoms with E-state index in [0.29, 0.717) is 17.5 Å². The number of hydrogen-bond acceptors (Lipinski definition) is 4. The van der Waals surface area contributed by atoms with E-state index in [1.807, 2.05) is 31.2 Å². The average Bonchev–Trinajstić information content (AvgIpc) is 2.97. The van der Waals surface area contributed by atoms with Gasteiger partial charge in [-0.15, -0.1) is 0 Å². The van der Waals surface area contributed by atoms with Gasteiger partial charge >= 0.3 is 0 Å². The number of carbonyl (C=O) groups excluding carboxylic acids is 3. The second kappa shape index (κ2) is 9.56. The summed E-state index contributed by atoms with van der Waals surface area (Å²) in [6.07, 6.45) is 0.621. The number of nitrogens with zero attached hydrogens (tertiary/aromatic N) is 1. The Morgan fingerprint density at radius 3 is 2.34 bits per heavy atom. The molecule has 0 unspecified atom stereocenters. The minimum Gasteiger partial charge on any atom is -0.481 e. The van der Waals surface area contributed by atoms with E-state index in [9.17, 15) is 14.4 Å². The minimum atomic E-state index is -0.300. The van der Waals surface area contributed by atoms with Crippen molar-refractivity contribution in [2.45, 2.75) is 19.8 Å². The van der Waals surface area contributed by atoms with Gasteiger partial charge < -0.3 is 10.1 Å². The molecular weight excluding hydrogens is 368 g/mol. The Labute approximate surface area is 169 Å². The first-order valence-corrected chi connectivity index (χ1v) is 9.44. The Morgan fingerprint density at radius 2 is 1.66 bits per heavy atom. The summed E-state index contributed by atoms with van der Waals surface area (Å²) in [6, 6.07) is 14.4. The van der Waals surface area contributed by atoms with Gasteiger partial charge in [-0.2, -0.15) is 0 Å². The molecule has 0 saturated carbocycles. The fourth-order valence-electron chi connectivity index (χ4n) is 3.02. The van der Waals surface area contributed by atoms with Crippen LogP contribution in [0.15, 0.2) is 48.5 Å². The maximum Gasteiger partial charge on any atom is 0.261 e. The molecule has 6 nitrogen and oxygen atoms in total. The summed E-state index contributed by atoms with van der Waals surface area (Å²) in [4.78, 5) is 37.6. The third kappa shape index (κ3) is 5.02. The molecule has 148 valence electrons. The van der Waals surface area contributed by atoms with Crippen molar-refractivity contribution in [3.8, 4) is 17.6 Å². The molecule has 1 aliphatic rings. The second-order valence-corrected chi connectivity index (χ2v) is 6.60. The Hall–Kier alpha value is -3.59. The Kier molecular flexibility index (Phi) is 6.64. The SMILES string of the molecule is Cc1ccccc1OCC#CCNC(=O)CCCN1C(=O)c2ccccc2C1=O. The first-order chi connectivity index (χ1) is 14.1. The minimum absolute atomic E-state index is 0.171. The van der Waals surface area contributed by atoms with E-state index in [0.717, 1.165) is 11.3 Å². The first kappa shape index (κ1) is 20.2. The number of ether oxygens (including phenoxy) is 1. The van der Waals surface area contributed by atoms with Gasteiger partial charge in [-0.05, 0) is 37.1 Å². The molecule has 0 fully saturated rings. The van der Waals surface area contributed by atoms with Crippen LogP contribution in [0.4, 0.5) is 0 Å². The lowest BCUT2D eigenvalue weighted by molar-refractivity contribution is -0.121. The third-order valence-corrected chi connectivity index (χ3v) is 4.56. The molecule has 0 spiro atoms. The number of benzene rings is 2. The normalized spacial score (nSPS) is 12.2. The molecule has 1 aliphatic heterocycles. The highest BCUT2D eigenvalue weighted by Crippen LogP contribution is 2.22. The van der Waals surface area contributed by atoms with Crippen molar-refractivity contribution < 1.29 is 19.1 Å². The van der Waals surface area contributed by atoms with Gasteiger partial charge in [-0.3, -0.25) is 19.3 Å². The summed E-state index contributed by atoms with van der Waals surface area (Å²) in [5.74, 6) is 5.71. The average molecular weight is 390 g/mol. The zero-order valence-electron chi connectivity index (χ0n) is 16.2. The molecule has 0 bridgehead atoms. The highest BCUT2D eigenvalue weighted by Gasteiger charge is 2.34. The summed E-state index contributed by atoms with van der Waals surface area (Å²) in [6.45, 7) is 2.66. The number of hydrogen-bond donors (Lipinski definition) is 1.